The molecule has 0 unspecified atom stereocenters. The summed E-state index contributed by atoms with van der Waals surface area (Å²) >= 11 is 5.91. The van der Waals surface area contributed by atoms with Crippen molar-refractivity contribution in [2.75, 3.05) is 45.3 Å². The summed E-state index contributed by atoms with van der Waals surface area (Å²) in [7, 11) is 3.83. The maximum atomic E-state index is 13.0. The second-order valence-electron chi connectivity index (χ2n) is 7.69. The van der Waals surface area contributed by atoms with Gasteiger partial charge >= 0.3 is 0 Å². The van der Waals surface area contributed by atoms with Gasteiger partial charge in [-0.25, -0.2) is 0 Å². The van der Waals surface area contributed by atoms with E-state index in [1.165, 1.54) is 5.56 Å². The minimum Gasteiger partial charge on any atom is -0.497 e. The third kappa shape index (κ3) is 3.56. The van der Waals surface area contributed by atoms with Gasteiger partial charge < -0.3 is 19.3 Å². The van der Waals surface area contributed by atoms with Gasteiger partial charge in [-0.2, -0.15) is 0 Å². The zero-order chi connectivity index (χ0) is 19.7. The molecular formula is C22H25ClN2O3. The largest absolute Gasteiger partial charge is 0.497 e. The number of methoxy groups -OCH3 is 1. The number of piperidine rings is 1. The Kier molecular flexibility index (Phi) is 5.21. The van der Waals surface area contributed by atoms with Crippen molar-refractivity contribution in [3.63, 3.8) is 0 Å². The number of benzene rings is 2. The zero-order valence-corrected chi connectivity index (χ0v) is 17.0. The molecule has 0 radical (unpaired) electrons. The number of hydrogen-bond acceptors (Lipinski definition) is 4. The zero-order valence-electron chi connectivity index (χ0n) is 16.3. The Morgan fingerprint density at radius 1 is 1.11 bits per heavy atom. The molecule has 2 aromatic carbocycles. The summed E-state index contributed by atoms with van der Waals surface area (Å²) in [5, 5.41) is 0.644. The lowest BCUT2D eigenvalue weighted by Crippen LogP contribution is -2.45. The predicted molar refractivity (Wildman–Crippen MR) is 111 cm³/mol. The predicted octanol–water partition coefficient (Wildman–Crippen LogP) is 3.74. The quantitative estimate of drug-likeness (QED) is 0.784. The van der Waals surface area contributed by atoms with Crippen molar-refractivity contribution in [3.05, 3.63) is 53.1 Å². The van der Waals surface area contributed by atoms with E-state index in [1.54, 1.807) is 31.4 Å². The second kappa shape index (κ2) is 7.64. The fourth-order valence-corrected chi connectivity index (χ4v) is 4.35. The monoisotopic (exact) mass is 400 g/mol. The highest BCUT2D eigenvalue weighted by molar-refractivity contribution is 6.30. The van der Waals surface area contributed by atoms with Gasteiger partial charge in [0.1, 0.15) is 11.5 Å². The molecule has 1 amide bonds. The van der Waals surface area contributed by atoms with Gasteiger partial charge in [0.15, 0.2) is 6.61 Å². The Morgan fingerprint density at radius 2 is 1.79 bits per heavy atom. The van der Waals surface area contributed by atoms with Crippen molar-refractivity contribution in [3.8, 4) is 11.5 Å². The normalized spacial score (nSPS) is 18.2. The Balaban J connectivity index is 1.56. The van der Waals surface area contributed by atoms with E-state index in [4.69, 9.17) is 21.1 Å². The number of carbonyl (C=O) groups is 1. The maximum Gasteiger partial charge on any atom is 0.264 e. The van der Waals surface area contributed by atoms with E-state index in [-0.39, 0.29) is 17.9 Å². The number of fused-ring (bicyclic) bond motifs is 2. The van der Waals surface area contributed by atoms with Crippen LogP contribution in [0.15, 0.2) is 42.5 Å². The molecule has 0 atom stereocenters. The molecule has 28 heavy (non-hydrogen) atoms. The molecule has 5 nitrogen and oxygen atoms in total. The number of halogens is 1. The lowest BCUT2D eigenvalue weighted by molar-refractivity contribution is -0.120. The maximum absolute atomic E-state index is 13.0. The summed E-state index contributed by atoms with van der Waals surface area (Å²) in [6, 6.07) is 13.1. The van der Waals surface area contributed by atoms with E-state index in [0.29, 0.717) is 17.3 Å². The molecule has 148 valence electrons. The summed E-state index contributed by atoms with van der Waals surface area (Å²) < 4.78 is 11.2. The van der Waals surface area contributed by atoms with Crippen LogP contribution in [0, 0.1) is 0 Å². The Morgan fingerprint density at radius 3 is 2.46 bits per heavy atom. The first-order chi connectivity index (χ1) is 13.5. The van der Waals surface area contributed by atoms with Crippen LogP contribution in [0.4, 0.5) is 5.69 Å². The van der Waals surface area contributed by atoms with Crippen LogP contribution >= 0.6 is 11.6 Å². The van der Waals surface area contributed by atoms with E-state index < -0.39 is 0 Å². The molecule has 0 aliphatic carbocycles. The molecule has 6 heteroatoms. The lowest BCUT2D eigenvalue weighted by atomic mass is 9.74. The number of carbonyl (C=O) groups excluding carboxylic acids is 1. The van der Waals surface area contributed by atoms with Crippen molar-refractivity contribution < 1.29 is 14.3 Å². The molecule has 0 saturated carbocycles. The molecule has 1 saturated heterocycles. The Bertz CT molecular complexity index is 861. The SMILES string of the molecule is COc1ccc2c(c1)C1(CCN(C)CC1)CN2C(=O)COc1ccc(Cl)cc1. The summed E-state index contributed by atoms with van der Waals surface area (Å²) in [4.78, 5) is 17.3. The summed E-state index contributed by atoms with van der Waals surface area (Å²) in [6.07, 6.45) is 2.07. The minimum atomic E-state index is -0.0304. The van der Waals surface area contributed by atoms with Gasteiger partial charge in [0.25, 0.3) is 5.91 Å². The molecular weight excluding hydrogens is 376 g/mol. The smallest absolute Gasteiger partial charge is 0.264 e. The first kappa shape index (κ1) is 19.1. The van der Waals surface area contributed by atoms with E-state index in [0.717, 1.165) is 37.4 Å². The third-order valence-corrected chi connectivity index (χ3v) is 6.20. The van der Waals surface area contributed by atoms with Crippen LogP contribution in [-0.2, 0) is 10.2 Å². The van der Waals surface area contributed by atoms with Gasteiger partial charge in [-0.05, 0) is 81.0 Å². The third-order valence-electron chi connectivity index (χ3n) is 5.95. The van der Waals surface area contributed by atoms with E-state index in [9.17, 15) is 4.79 Å². The van der Waals surface area contributed by atoms with Gasteiger partial charge in [0.2, 0.25) is 0 Å². The number of rotatable bonds is 4. The van der Waals surface area contributed by atoms with Gasteiger partial charge in [-0.1, -0.05) is 11.6 Å². The van der Waals surface area contributed by atoms with Crippen LogP contribution in [0.5, 0.6) is 11.5 Å². The van der Waals surface area contributed by atoms with Gasteiger partial charge in [0.05, 0.1) is 7.11 Å². The number of likely N-dealkylation sites (tertiary alicyclic amines) is 1. The molecule has 1 fully saturated rings. The first-order valence-electron chi connectivity index (χ1n) is 9.57. The fourth-order valence-electron chi connectivity index (χ4n) is 4.23. The van der Waals surface area contributed by atoms with E-state index >= 15 is 0 Å². The van der Waals surface area contributed by atoms with Crippen molar-refractivity contribution in [2.45, 2.75) is 18.3 Å². The molecule has 1 spiro atoms. The van der Waals surface area contributed by atoms with Crippen LogP contribution in [0.2, 0.25) is 5.02 Å². The van der Waals surface area contributed by atoms with Crippen LogP contribution in [-0.4, -0.2) is 51.2 Å². The van der Waals surface area contributed by atoms with Gasteiger partial charge in [0, 0.05) is 22.7 Å². The summed E-state index contributed by atoms with van der Waals surface area (Å²) in [5.74, 6) is 1.45. The highest BCUT2D eigenvalue weighted by atomic mass is 35.5. The lowest BCUT2D eigenvalue weighted by Gasteiger charge is -2.38. The standard InChI is InChI=1S/C22H25ClN2O3/c1-24-11-9-22(10-12-24)15-25(20-8-7-18(27-2)13-19(20)22)21(26)14-28-17-5-3-16(23)4-6-17/h3-8,13H,9-12,14-15H2,1-2H3. The molecule has 2 heterocycles. The van der Waals surface area contributed by atoms with Gasteiger partial charge in [-0.3, -0.25) is 4.79 Å². The molecule has 0 aromatic heterocycles. The van der Waals surface area contributed by atoms with Crippen LogP contribution < -0.4 is 14.4 Å². The second-order valence-corrected chi connectivity index (χ2v) is 8.13. The number of anilines is 1. The minimum absolute atomic E-state index is 0.00306. The van der Waals surface area contributed by atoms with Crippen LogP contribution in [0.1, 0.15) is 18.4 Å². The van der Waals surface area contributed by atoms with Crippen LogP contribution in [0.3, 0.4) is 0 Å². The molecule has 0 N–H and O–H groups in total. The first-order valence-corrected chi connectivity index (χ1v) is 9.94. The topological polar surface area (TPSA) is 42.0 Å². The molecule has 2 aliphatic heterocycles. The van der Waals surface area contributed by atoms with E-state index in [1.807, 2.05) is 17.0 Å². The summed E-state index contributed by atoms with van der Waals surface area (Å²) in [5.41, 5.74) is 2.20. The van der Waals surface area contributed by atoms with Crippen LogP contribution in [0.25, 0.3) is 0 Å². The number of hydrogen-bond donors (Lipinski definition) is 0. The average Bonchev–Trinajstić information content (AvgIpc) is 3.03. The van der Waals surface area contributed by atoms with Crippen molar-refractivity contribution in [1.82, 2.24) is 4.90 Å². The molecule has 4 rings (SSSR count). The molecule has 2 aromatic rings. The number of amides is 1. The Labute approximate surface area is 170 Å². The highest BCUT2D eigenvalue weighted by Crippen LogP contribution is 2.48. The van der Waals surface area contributed by atoms with E-state index in [2.05, 4.69) is 18.0 Å². The fraction of sp³-hybridized carbons (Fsp3) is 0.409. The van der Waals surface area contributed by atoms with Gasteiger partial charge in [-0.15, -0.1) is 0 Å². The highest BCUT2D eigenvalue weighted by Gasteiger charge is 2.46. The van der Waals surface area contributed by atoms with Crippen molar-refractivity contribution in [1.29, 1.82) is 0 Å². The van der Waals surface area contributed by atoms with Crippen molar-refractivity contribution >= 4 is 23.2 Å². The number of ether oxygens (including phenoxy) is 2. The Hall–Kier alpha value is -2.24. The number of nitrogens with zero attached hydrogens (tertiary/aromatic N) is 2. The van der Waals surface area contributed by atoms with Crippen molar-refractivity contribution in [2.24, 2.45) is 0 Å². The average molecular weight is 401 g/mol. The molecule has 0 bridgehead atoms. The molecule has 2 aliphatic rings. The summed E-state index contributed by atoms with van der Waals surface area (Å²) in [6.45, 7) is 2.76.